The fraction of sp³-hybridized carbons (Fsp3) is 0.929. The van der Waals surface area contributed by atoms with E-state index < -0.39 is 396 Å². The Morgan fingerprint density at radius 1 is 0.224 bits per heavy atom. The number of carbonyl (C=O) groups is 5. The van der Waals surface area contributed by atoms with Crippen LogP contribution in [0.5, 0.6) is 0 Å². The maximum atomic E-state index is 13.4. The smallest absolute Gasteiger partial charge is 0.217 e. The van der Waals surface area contributed by atoms with Gasteiger partial charge in [0.1, 0.15) is 238 Å². The van der Waals surface area contributed by atoms with E-state index in [2.05, 4.69) is 26.6 Å². The molecular formula is C70H117N5O50. The van der Waals surface area contributed by atoms with Gasteiger partial charge in [-0.2, -0.15) is 0 Å². The minimum atomic E-state index is -2.78. The highest BCUT2D eigenvalue weighted by atomic mass is 16.8. The van der Waals surface area contributed by atoms with Gasteiger partial charge < -0.3 is 249 Å². The van der Waals surface area contributed by atoms with Crippen molar-refractivity contribution in [2.45, 2.75) is 348 Å². The molecule has 0 aromatic heterocycles. The van der Waals surface area contributed by atoms with Crippen LogP contribution >= 0.6 is 0 Å². The van der Waals surface area contributed by atoms with E-state index in [-0.39, 0.29) is 0 Å². The van der Waals surface area contributed by atoms with E-state index in [1.807, 2.05) is 0 Å². The van der Waals surface area contributed by atoms with Crippen molar-refractivity contribution < 1.29 is 247 Å². The molecule has 55 heteroatoms. The molecule has 0 saturated carbocycles. The van der Waals surface area contributed by atoms with Gasteiger partial charge in [0.2, 0.25) is 29.5 Å². The summed E-state index contributed by atoms with van der Waals surface area (Å²) in [7, 11) is 0. The summed E-state index contributed by atoms with van der Waals surface area (Å²) in [6.45, 7) is -4.42. The number of amides is 5. The van der Waals surface area contributed by atoms with Gasteiger partial charge in [-0.25, -0.2) is 0 Å². The van der Waals surface area contributed by atoms with Crippen LogP contribution in [0.3, 0.4) is 0 Å². The molecule has 50 atom stereocenters. The van der Waals surface area contributed by atoms with Crippen molar-refractivity contribution >= 4 is 29.5 Å². The zero-order valence-electron chi connectivity index (χ0n) is 67.7. The third kappa shape index (κ3) is 23.1. The van der Waals surface area contributed by atoms with Gasteiger partial charge in [-0.3, -0.25) is 24.0 Å². The van der Waals surface area contributed by atoms with Crippen molar-refractivity contribution in [3.8, 4) is 0 Å². The Kier molecular flexibility index (Phi) is 36.8. The molecule has 0 unspecified atom stereocenters. The van der Waals surface area contributed by atoms with Gasteiger partial charge in [0.15, 0.2) is 62.9 Å². The second kappa shape index (κ2) is 44.9. The highest BCUT2D eigenvalue weighted by molar-refractivity contribution is 5.75. The number of carbonyl (C=O) groups excluding carboxylic acids is 5. The Hall–Kier alpha value is -4.45. The summed E-state index contributed by atoms with van der Waals surface area (Å²) in [4.78, 5) is 65.0. The van der Waals surface area contributed by atoms with Crippen LogP contribution < -0.4 is 26.6 Å². The lowest BCUT2D eigenvalue weighted by molar-refractivity contribution is -0.408. The lowest BCUT2D eigenvalue weighted by atomic mass is 9.93. The van der Waals surface area contributed by atoms with E-state index >= 15 is 0 Å². The molecular weight excluding hydrogens is 1710 g/mol. The summed E-state index contributed by atoms with van der Waals surface area (Å²) in [6, 6.07) is -9.78. The Bertz CT molecular complexity index is 3420. The first-order valence-corrected chi connectivity index (χ1v) is 40.0. The maximum absolute atomic E-state index is 13.4. The molecule has 0 aromatic rings. The Morgan fingerprint density at radius 2 is 0.488 bits per heavy atom. The monoisotopic (exact) mass is 1830 g/mol. The third-order valence-electron chi connectivity index (χ3n) is 22.8. The van der Waals surface area contributed by atoms with E-state index in [0.29, 0.717) is 0 Å². The van der Waals surface area contributed by atoms with Crippen LogP contribution in [0, 0.1) is 0 Å². The minimum absolute atomic E-state index is 0.864. The molecule has 10 heterocycles. The number of rotatable bonds is 32. The van der Waals surface area contributed by atoms with E-state index in [0.717, 1.165) is 34.6 Å². The van der Waals surface area contributed by atoms with Gasteiger partial charge in [-0.05, 0) is 6.92 Å². The first kappa shape index (κ1) is 103. The van der Waals surface area contributed by atoms with Crippen LogP contribution in [-0.2, 0) is 114 Å². The molecule has 10 aliphatic rings. The summed E-state index contributed by atoms with van der Waals surface area (Å²) in [5.74, 6) is -4.80. The first-order chi connectivity index (χ1) is 59.1. The number of hydrogen-bond donors (Lipinski definition) is 31. The second-order valence-electron chi connectivity index (χ2n) is 31.7. The Labute approximate surface area is 708 Å². The van der Waals surface area contributed by atoms with Gasteiger partial charge in [0.25, 0.3) is 0 Å². The number of nitrogens with one attached hydrogen (secondary N) is 5. The van der Waals surface area contributed by atoms with Crippen molar-refractivity contribution in [3.05, 3.63) is 0 Å². The first-order valence-electron chi connectivity index (χ1n) is 40.0. The van der Waals surface area contributed by atoms with Crippen molar-refractivity contribution in [3.63, 3.8) is 0 Å². The molecule has 10 aliphatic heterocycles. The highest BCUT2D eigenvalue weighted by Gasteiger charge is 2.62. The van der Waals surface area contributed by atoms with Crippen molar-refractivity contribution in [2.24, 2.45) is 0 Å². The lowest BCUT2D eigenvalue weighted by Gasteiger charge is -2.52. The maximum Gasteiger partial charge on any atom is 0.217 e. The standard InChI is InChI=1S/C70H117N5O50/c1-16-36(88)47(99)51(103)66(109-16)107-14-29-56(44(96)31(61(106)110-29)71-17(2)83)119-64-34(74-20(5)86)45(97)55(28(13-82)116-64)121-68-53(105)58(123-70-60(50(102)41(93)26(11-80)115-70)125-65-35(75-21(6)87)46(98)54(27(12-81)117-65)120-67-52(104)48(100)39(91)24(9-78)113-67)57(122-62-32(72-18(3)84)42(94)37(89)22(7-76)111-62)30(118-68)15-108-69-59(49(101)40(92)25(10-79)114-69)124-63-33(73-19(4)85)43(95)38(90)23(8-77)112-63/h16,22-70,76-82,88-106H,7-15H2,1-6H3,(H,71,83)(H,72,84)(H,73,85)(H,74,86)(H,75,87)/t16-,22+,23-,24+,25-,26-,27-,28-,29+,30+,31+,32-,33-,34-,35-,36+,37+,38-,39-,40-,41-,42+,43-,44+,45-,46-,47+,48-,49+,50+,51-,52+,53-,54-,55-,56+,57+,58+,59+,60+,61+,62-,63+,64+,65+,66+,67-,68-,69+,70-/m1/s1. The van der Waals surface area contributed by atoms with Crippen LogP contribution in [0.25, 0.3) is 0 Å². The predicted molar refractivity (Wildman–Crippen MR) is 386 cm³/mol. The van der Waals surface area contributed by atoms with Crippen LogP contribution in [0.1, 0.15) is 41.5 Å². The van der Waals surface area contributed by atoms with E-state index in [1.54, 1.807) is 0 Å². The van der Waals surface area contributed by atoms with Gasteiger partial charge in [-0.15, -0.1) is 0 Å². The van der Waals surface area contributed by atoms with E-state index in [9.17, 15) is 157 Å². The van der Waals surface area contributed by atoms with Crippen LogP contribution in [0.15, 0.2) is 0 Å². The SMILES string of the molecule is CC(=O)N[C@H]1[C@@H](O[C@@H]2[C@@H](O[C@H]3O[C@H](CO)[C@@H](O)[C@H](O)[C@@H]3O[C@@H]3O[C@H](CO)[C@@H](O[C@H]4O[C@@H](CO)[C@@H](O)[C@@H](O)[C@@H]4O)[C@H](O)[C@H]3NC(C)=O)[C@@H](O)[C@@H](O[C@H]3[C@H](O)[C@@H](NC(C)=O)[C@H](O[C@@H]4[C@@H](O)[C@H](NC(C)=O)[C@@H](O)O[C@H]4CO[C@H]4O[C@H](C)[C@H](O)[C@H](O)[C@H]4O)O[C@@H]3CO)O[C@H]2CO[C@H]2O[C@H](CO)[C@@H](O)[C@H](O)[C@@H]2O[C@@H]2O[C@H](CO)[C@@H](O)[C@H](O)[C@H]2NC(C)=O)O[C@@H](CO)[C@H](O)[C@H]1O. The van der Waals surface area contributed by atoms with Crippen molar-refractivity contribution in [1.29, 1.82) is 0 Å². The normalized spacial score (nSPS) is 48.7. The van der Waals surface area contributed by atoms with Crippen molar-refractivity contribution in [2.75, 3.05) is 59.5 Å². The molecule has 10 fully saturated rings. The van der Waals surface area contributed by atoms with E-state index in [4.69, 9.17) is 90.0 Å². The Balaban J connectivity index is 1.08. The summed E-state index contributed by atoms with van der Waals surface area (Å²) < 4.78 is 116. The summed E-state index contributed by atoms with van der Waals surface area (Å²) >= 11 is 0. The number of aliphatic hydroxyl groups is 26. The summed E-state index contributed by atoms with van der Waals surface area (Å²) in [5, 5.41) is 305. The second-order valence-corrected chi connectivity index (χ2v) is 31.7. The van der Waals surface area contributed by atoms with Gasteiger partial charge >= 0.3 is 0 Å². The quantitative estimate of drug-likeness (QED) is 0.0297. The largest absolute Gasteiger partial charge is 0.394 e. The molecule has 0 aliphatic carbocycles. The minimum Gasteiger partial charge on any atom is -0.394 e. The van der Waals surface area contributed by atoms with Gasteiger partial charge in [0, 0.05) is 34.6 Å². The average Bonchev–Trinajstić information content (AvgIpc) is 0.755. The zero-order chi connectivity index (χ0) is 92.1. The molecule has 0 bridgehead atoms. The summed E-state index contributed by atoms with van der Waals surface area (Å²) in [5.41, 5.74) is 0. The molecule has 31 N–H and O–H groups in total. The van der Waals surface area contributed by atoms with Crippen LogP contribution in [0.2, 0.25) is 0 Å². The molecule has 5 amide bonds. The Morgan fingerprint density at radius 3 is 0.904 bits per heavy atom. The number of ether oxygens (including phenoxy) is 19. The molecule has 10 saturated heterocycles. The third-order valence-corrected chi connectivity index (χ3v) is 22.8. The molecule has 0 radical (unpaired) electrons. The fourth-order valence-corrected chi connectivity index (χ4v) is 16.2. The van der Waals surface area contributed by atoms with Crippen molar-refractivity contribution in [1.82, 2.24) is 26.6 Å². The summed E-state index contributed by atoms with van der Waals surface area (Å²) in [6.07, 6.45) is -96.0. The molecule has 55 nitrogen and oxygen atoms in total. The van der Waals surface area contributed by atoms with E-state index in [1.165, 1.54) is 6.92 Å². The zero-order valence-corrected chi connectivity index (χ0v) is 67.7. The topological polar surface area (TPSA) is 847 Å². The van der Waals surface area contributed by atoms with Crippen LogP contribution in [-0.4, -0.2) is 529 Å². The molecule has 0 spiro atoms. The lowest BCUT2D eigenvalue weighted by Crippen LogP contribution is -2.71. The highest BCUT2D eigenvalue weighted by Crippen LogP contribution is 2.42. The number of aliphatic hydroxyl groups excluding tert-OH is 26. The van der Waals surface area contributed by atoms with Gasteiger partial charge in [-0.1, -0.05) is 0 Å². The fourth-order valence-electron chi connectivity index (χ4n) is 16.2. The molecule has 10 rings (SSSR count). The predicted octanol–water partition coefficient (Wildman–Crippen LogP) is -21.1. The molecule has 722 valence electrons. The average molecular weight is 1830 g/mol. The van der Waals surface area contributed by atoms with Crippen LogP contribution in [0.4, 0.5) is 0 Å². The molecule has 125 heavy (non-hydrogen) atoms. The number of hydrogen-bond acceptors (Lipinski definition) is 50. The van der Waals surface area contributed by atoms with Gasteiger partial charge in [0.05, 0.1) is 65.6 Å². The molecule has 0 aromatic carbocycles.